The molecule has 0 spiro atoms. The third-order valence-corrected chi connectivity index (χ3v) is 1.44. The van der Waals surface area contributed by atoms with Crippen LogP contribution in [0.25, 0.3) is 0 Å². The summed E-state index contributed by atoms with van der Waals surface area (Å²) in [4.78, 5) is 9.94. The van der Waals surface area contributed by atoms with E-state index in [0.29, 0.717) is 12.3 Å². The van der Waals surface area contributed by atoms with Gasteiger partial charge in [0.05, 0.1) is 0 Å². The molecule has 0 aromatic heterocycles. The number of allylic oxidation sites excluding steroid dienone is 2. The van der Waals surface area contributed by atoms with Crippen LogP contribution in [0.5, 0.6) is 0 Å². The zero-order chi connectivity index (χ0) is 8.53. The average Bonchev–Trinajstić information content (AvgIpc) is 1.96. The monoisotopic (exact) mass is 214 g/mol. The molecule has 0 saturated carbocycles. The van der Waals surface area contributed by atoms with Crippen molar-refractivity contribution in [2.75, 3.05) is 5.88 Å². The van der Waals surface area contributed by atoms with E-state index in [4.69, 9.17) is 11.6 Å². The molecule has 0 bridgehead atoms. The van der Waals surface area contributed by atoms with Crippen molar-refractivity contribution >= 4 is 17.6 Å². The number of hydrogen-bond donors (Lipinski definition) is 0. The number of unbranched alkanes of at least 4 members (excludes halogenated alkanes) is 2. The van der Waals surface area contributed by atoms with E-state index in [1.807, 2.05) is 12.2 Å². The molecule has 12 heavy (non-hydrogen) atoms. The molecule has 0 aromatic rings. The fraction of sp³-hybridized carbons (Fsp3) is 0.625. The molecule has 0 amide bonds. The normalized spacial score (nSPS) is 9.75. The minimum absolute atomic E-state index is 0. The van der Waals surface area contributed by atoms with E-state index in [-0.39, 0.29) is 57.8 Å². The third kappa shape index (κ3) is 13.7. The number of rotatable bonds is 6. The van der Waals surface area contributed by atoms with Gasteiger partial charge in [-0.2, -0.15) is 0 Å². The summed E-state index contributed by atoms with van der Waals surface area (Å²) in [7, 11) is 0. The van der Waals surface area contributed by atoms with Gasteiger partial charge in [0.2, 0.25) is 0 Å². The molecule has 0 aliphatic carbocycles. The van der Waals surface area contributed by atoms with E-state index >= 15 is 0 Å². The number of carbonyl (C=O) groups is 1. The summed E-state index contributed by atoms with van der Waals surface area (Å²) < 4.78 is 0. The van der Waals surface area contributed by atoms with Crippen molar-refractivity contribution in [2.45, 2.75) is 25.7 Å². The van der Waals surface area contributed by atoms with Gasteiger partial charge >= 0.3 is 51.4 Å². The number of halogens is 1. The van der Waals surface area contributed by atoms with Crippen LogP contribution in [0.3, 0.4) is 0 Å². The van der Waals surface area contributed by atoms with Crippen LogP contribution in [0.2, 0.25) is 0 Å². The van der Waals surface area contributed by atoms with Crippen LogP contribution in [0.4, 0.5) is 0 Å². The summed E-state index contributed by atoms with van der Waals surface area (Å²) in [5, 5.41) is 9.94. The summed E-state index contributed by atoms with van der Waals surface area (Å²) in [5.41, 5.74) is 0. The summed E-state index contributed by atoms with van der Waals surface area (Å²) >= 11 is 5.37. The molecule has 64 valence electrons. The first-order chi connectivity index (χ1) is 5.27. The fourth-order valence-corrected chi connectivity index (χ4v) is 0.838. The van der Waals surface area contributed by atoms with Crippen molar-refractivity contribution < 1.29 is 61.3 Å². The summed E-state index contributed by atoms with van der Waals surface area (Å²) in [5.74, 6) is -0.438. The number of carboxylic acids is 1. The van der Waals surface area contributed by atoms with E-state index in [0.717, 1.165) is 12.8 Å². The Kier molecular flexibility index (Phi) is 15.8. The van der Waals surface area contributed by atoms with Crippen molar-refractivity contribution in [3.8, 4) is 0 Å². The van der Waals surface area contributed by atoms with Crippen LogP contribution in [0, 0.1) is 0 Å². The number of aliphatic carboxylic acids is 1. The Morgan fingerprint density at radius 3 is 2.50 bits per heavy atom. The van der Waals surface area contributed by atoms with Crippen LogP contribution in [-0.4, -0.2) is 11.8 Å². The molecule has 2 nitrogen and oxygen atoms in total. The minimum Gasteiger partial charge on any atom is -0.550 e. The molecule has 0 radical (unpaired) electrons. The molecule has 4 heteroatoms. The van der Waals surface area contributed by atoms with Crippen molar-refractivity contribution in [3.63, 3.8) is 0 Å². The first-order valence-corrected chi connectivity index (χ1v) is 4.21. The molecular formula is C8H12ClKO2. The number of hydrogen-bond acceptors (Lipinski definition) is 2. The van der Waals surface area contributed by atoms with Crippen LogP contribution in [0.15, 0.2) is 12.2 Å². The molecule has 0 rings (SSSR count). The van der Waals surface area contributed by atoms with Gasteiger partial charge in [0.15, 0.2) is 0 Å². The summed E-state index contributed by atoms with van der Waals surface area (Å²) in [6.07, 6.45) is 6.47. The van der Waals surface area contributed by atoms with Gasteiger partial charge in [-0.3, -0.25) is 0 Å². The van der Waals surface area contributed by atoms with Crippen LogP contribution in [-0.2, 0) is 4.79 Å². The first kappa shape index (κ1) is 15.6. The maximum Gasteiger partial charge on any atom is 1.00 e. The topological polar surface area (TPSA) is 40.1 Å². The van der Waals surface area contributed by atoms with E-state index in [1.165, 1.54) is 0 Å². The molecule has 0 fully saturated rings. The summed E-state index contributed by atoms with van der Waals surface area (Å²) in [6, 6.07) is 0. The number of alkyl halides is 1. The van der Waals surface area contributed by atoms with Crippen LogP contribution in [0.1, 0.15) is 25.7 Å². The Bertz CT molecular complexity index is 137. The third-order valence-electron chi connectivity index (χ3n) is 1.26. The minimum atomic E-state index is -0.966. The molecule has 0 aromatic carbocycles. The molecule has 0 aliphatic rings. The Balaban J connectivity index is 0. The standard InChI is InChI=1S/C8H13ClO2.K/c9-7-5-3-1-2-4-6-8(10)11;/h3,5H,1-2,4,6-7H2,(H,10,11);/q;+1/p-1/b5-3+;. The molecule has 0 heterocycles. The molecule has 0 N–H and O–H groups in total. The fourth-order valence-electron chi connectivity index (χ4n) is 0.712. The zero-order valence-corrected chi connectivity index (χ0v) is 11.3. The van der Waals surface area contributed by atoms with Crippen molar-refractivity contribution in [3.05, 3.63) is 12.2 Å². The predicted octanol–water partition coefficient (Wildman–Crippen LogP) is -1.90. The van der Waals surface area contributed by atoms with Gasteiger partial charge in [-0.05, 0) is 25.7 Å². The van der Waals surface area contributed by atoms with E-state index in [2.05, 4.69) is 0 Å². The van der Waals surface area contributed by atoms with Gasteiger partial charge in [0.1, 0.15) is 0 Å². The summed E-state index contributed by atoms with van der Waals surface area (Å²) in [6.45, 7) is 0. The van der Waals surface area contributed by atoms with Gasteiger partial charge in [-0.25, -0.2) is 0 Å². The van der Waals surface area contributed by atoms with Crippen molar-refractivity contribution in [1.82, 2.24) is 0 Å². The molecule has 0 unspecified atom stereocenters. The Hall–Kier alpha value is 1.14. The maximum absolute atomic E-state index is 9.94. The Labute approximate surface area is 121 Å². The number of carboxylic acid groups (broad SMARTS) is 1. The molecular weight excluding hydrogens is 203 g/mol. The van der Waals surface area contributed by atoms with E-state index < -0.39 is 5.97 Å². The Morgan fingerprint density at radius 2 is 2.00 bits per heavy atom. The van der Waals surface area contributed by atoms with Gasteiger partial charge < -0.3 is 9.90 Å². The smallest absolute Gasteiger partial charge is 0.550 e. The van der Waals surface area contributed by atoms with Gasteiger partial charge in [0.25, 0.3) is 0 Å². The van der Waals surface area contributed by atoms with E-state index in [1.54, 1.807) is 0 Å². The quantitative estimate of drug-likeness (QED) is 0.224. The van der Waals surface area contributed by atoms with E-state index in [9.17, 15) is 9.90 Å². The molecule has 0 aliphatic heterocycles. The second-order valence-corrected chi connectivity index (χ2v) is 2.55. The number of carbonyl (C=O) groups excluding carboxylic acids is 1. The average molecular weight is 215 g/mol. The molecule has 0 saturated heterocycles. The van der Waals surface area contributed by atoms with Gasteiger partial charge in [-0.15, -0.1) is 11.6 Å². The zero-order valence-electron chi connectivity index (χ0n) is 7.38. The second kappa shape index (κ2) is 12.1. The first-order valence-electron chi connectivity index (χ1n) is 3.68. The Morgan fingerprint density at radius 1 is 1.33 bits per heavy atom. The van der Waals surface area contributed by atoms with Gasteiger partial charge in [-0.1, -0.05) is 12.2 Å². The second-order valence-electron chi connectivity index (χ2n) is 2.24. The van der Waals surface area contributed by atoms with Gasteiger partial charge in [0, 0.05) is 11.8 Å². The largest absolute Gasteiger partial charge is 1.00 e. The maximum atomic E-state index is 9.94. The van der Waals surface area contributed by atoms with Crippen molar-refractivity contribution in [1.29, 1.82) is 0 Å². The van der Waals surface area contributed by atoms with Crippen LogP contribution < -0.4 is 56.5 Å². The van der Waals surface area contributed by atoms with Crippen LogP contribution >= 0.6 is 11.6 Å². The predicted molar refractivity (Wildman–Crippen MR) is 43.3 cm³/mol. The SMILES string of the molecule is O=C([O-])CCCC/C=C/CCl.[K+]. The van der Waals surface area contributed by atoms with Crippen molar-refractivity contribution in [2.24, 2.45) is 0 Å². The molecule has 0 atom stereocenters.